The van der Waals surface area contributed by atoms with Gasteiger partial charge in [0.25, 0.3) is 0 Å². The maximum Gasteiger partial charge on any atom is 0.0339 e. The second-order valence-electron chi connectivity index (χ2n) is 6.52. The molecule has 0 saturated heterocycles. The molecule has 0 aromatic heterocycles. The van der Waals surface area contributed by atoms with E-state index in [1.807, 2.05) is 0 Å². The van der Waals surface area contributed by atoms with E-state index in [1.165, 1.54) is 5.54 Å². The minimum Gasteiger partial charge on any atom is -0.0720 e. The van der Waals surface area contributed by atoms with Crippen LogP contribution in [0.1, 0.15) is 25.7 Å². The van der Waals surface area contributed by atoms with Crippen molar-refractivity contribution in [2.45, 2.75) is 75.2 Å². The minimum absolute atomic E-state index is 0.420. The molecule has 1 saturated carbocycles. The molecule has 15 heavy (non-hydrogen) atoms. The van der Waals surface area contributed by atoms with Gasteiger partial charge < -0.3 is 0 Å². The Morgan fingerprint density at radius 3 is 1.73 bits per heavy atom. The molecule has 0 aromatic rings. The molecule has 0 radical (unpaired) electrons. The van der Waals surface area contributed by atoms with E-state index in [1.54, 1.807) is 25.7 Å². The Morgan fingerprint density at radius 1 is 0.867 bits per heavy atom. The normalized spacial score (nSPS) is 26.6. The smallest absolute Gasteiger partial charge is 0.0339 e. The molecule has 1 atom stereocenters. The third-order valence-electron chi connectivity index (χ3n) is 5.02. The van der Waals surface area contributed by atoms with Crippen molar-refractivity contribution in [1.82, 2.24) is 0 Å². The van der Waals surface area contributed by atoms with E-state index in [2.05, 4.69) is 39.3 Å². The maximum absolute atomic E-state index is 2.64. The summed E-state index contributed by atoms with van der Waals surface area (Å²) >= 11 is 0. The van der Waals surface area contributed by atoms with Gasteiger partial charge in [0.15, 0.2) is 0 Å². The lowest BCUT2D eigenvalue weighted by Crippen LogP contribution is -2.47. The standard InChI is InChI=1S/C12H30Si3/c1-13(2)11-9-7-8-10-12(11,14(3)4)15(5)6/h11,13-15H,7-10H2,1-6H3. The Bertz CT molecular complexity index is 191. The zero-order valence-electron chi connectivity index (χ0n) is 11.6. The summed E-state index contributed by atoms with van der Waals surface area (Å²) in [5, 5.41) is 0. The molecular formula is C12H30Si3. The molecule has 0 heterocycles. The maximum atomic E-state index is 2.64. The molecule has 0 N–H and O–H groups in total. The van der Waals surface area contributed by atoms with E-state index >= 15 is 0 Å². The van der Waals surface area contributed by atoms with Crippen molar-refractivity contribution in [3.05, 3.63) is 0 Å². The first-order chi connectivity index (χ1) is 6.93. The third kappa shape index (κ3) is 2.50. The summed E-state index contributed by atoms with van der Waals surface area (Å²) in [6.45, 7) is 15.8. The van der Waals surface area contributed by atoms with E-state index in [9.17, 15) is 0 Å². The van der Waals surface area contributed by atoms with Gasteiger partial charge in [0.2, 0.25) is 0 Å². The summed E-state index contributed by atoms with van der Waals surface area (Å²) in [6.07, 6.45) is 6.31. The van der Waals surface area contributed by atoms with Crippen LogP contribution in [0.2, 0.25) is 49.5 Å². The van der Waals surface area contributed by atoms with Crippen LogP contribution in [0.15, 0.2) is 0 Å². The topological polar surface area (TPSA) is 0 Å². The molecule has 0 aromatic carbocycles. The summed E-state index contributed by atoms with van der Waals surface area (Å²) in [4.78, 5) is 0. The van der Waals surface area contributed by atoms with Crippen LogP contribution >= 0.6 is 0 Å². The van der Waals surface area contributed by atoms with Gasteiger partial charge >= 0.3 is 0 Å². The summed E-state index contributed by atoms with van der Waals surface area (Å²) in [5.74, 6) is 0. The second kappa shape index (κ2) is 5.32. The predicted octanol–water partition coefficient (Wildman–Crippen LogP) is 3.67. The van der Waals surface area contributed by atoms with Crippen molar-refractivity contribution in [2.75, 3.05) is 0 Å². The van der Waals surface area contributed by atoms with Gasteiger partial charge in [-0.25, -0.2) is 0 Å². The van der Waals surface area contributed by atoms with Crippen molar-refractivity contribution >= 4 is 26.4 Å². The lowest BCUT2D eigenvalue weighted by atomic mass is 9.98. The van der Waals surface area contributed by atoms with Gasteiger partial charge in [-0.05, 0) is 10.2 Å². The van der Waals surface area contributed by atoms with Crippen molar-refractivity contribution < 1.29 is 0 Å². The van der Waals surface area contributed by atoms with Crippen molar-refractivity contribution in [3.8, 4) is 0 Å². The first-order valence-electron chi connectivity index (χ1n) is 6.93. The highest BCUT2D eigenvalue weighted by Crippen LogP contribution is 2.56. The van der Waals surface area contributed by atoms with Crippen LogP contribution in [0, 0.1) is 0 Å². The van der Waals surface area contributed by atoms with Crippen LogP contribution in [-0.2, 0) is 0 Å². The van der Waals surface area contributed by atoms with E-state index in [-0.39, 0.29) is 0 Å². The van der Waals surface area contributed by atoms with Gasteiger partial charge in [0.1, 0.15) is 0 Å². The van der Waals surface area contributed by atoms with Gasteiger partial charge in [0, 0.05) is 26.4 Å². The number of rotatable bonds is 3. The van der Waals surface area contributed by atoms with Crippen LogP contribution in [0.5, 0.6) is 0 Å². The van der Waals surface area contributed by atoms with E-state index < -0.39 is 26.4 Å². The highest BCUT2D eigenvalue weighted by Gasteiger charge is 2.47. The van der Waals surface area contributed by atoms with Gasteiger partial charge in [-0.15, -0.1) is 0 Å². The zero-order chi connectivity index (χ0) is 11.6. The van der Waals surface area contributed by atoms with Crippen LogP contribution in [-0.4, -0.2) is 26.4 Å². The Kier molecular flexibility index (Phi) is 4.87. The largest absolute Gasteiger partial charge is 0.0720 e. The Morgan fingerprint density at radius 2 is 1.40 bits per heavy atom. The fourth-order valence-corrected chi connectivity index (χ4v) is 20.2. The molecule has 1 rings (SSSR count). The molecule has 90 valence electrons. The first-order valence-corrected chi connectivity index (χ1v) is 15.7. The number of hydrogen-bond acceptors (Lipinski definition) is 0. The average molecular weight is 259 g/mol. The lowest BCUT2D eigenvalue weighted by molar-refractivity contribution is 0.448. The molecule has 1 aliphatic rings. The van der Waals surface area contributed by atoms with Gasteiger partial charge in [-0.1, -0.05) is 65.0 Å². The monoisotopic (exact) mass is 258 g/mol. The molecule has 1 fully saturated rings. The van der Waals surface area contributed by atoms with Crippen LogP contribution in [0.4, 0.5) is 0 Å². The summed E-state index contributed by atoms with van der Waals surface area (Å²) in [7, 11) is -1.35. The first kappa shape index (κ1) is 13.7. The van der Waals surface area contributed by atoms with E-state index in [0.717, 1.165) is 4.66 Å². The third-order valence-corrected chi connectivity index (χ3v) is 18.1. The Labute approximate surface area is 102 Å². The molecule has 0 spiro atoms. The average Bonchev–Trinajstić information content (AvgIpc) is 2.16. The number of hydrogen-bond donors (Lipinski definition) is 0. The van der Waals surface area contributed by atoms with E-state index in [0.29, 0.717) is 0 Å². The molecule has 0 bridgehead atoms. The van der Waals surface area contributed by atoms with Gasteiger partial charge in [0.05, 0.1) is 0 Å². The predicted molar refractivity (Wildman–Crippen MR) is 81.5 cm³/mol. The molecule has 1 aliphatic carbocycles. The van der Waals surface area contributed by atoms with Gasteiger partial charge in [-0.2, -0.15) is 0 Å². The Balaban J connectivity index is 2.99. The fraction of sp³-hybridized carbons (Fsp3) is 1.00. The molecule has 1 unspecified atom stereocenters. The van der Waals surface area contributed by atoms with E-state index in [4.69, 9.17) is 0 Å². The highest BCUT2D eigenvalue weighted by atomic mass is 28.3. The summed E-state index contributed by atoms with van der Waals surface area (Å²) < 4.78 is 0.957. The molecule has 3 heteroatoms. The molecule has 0 nitrogen and oxygen atoms in total. The SMILES string of the molecule is C[SiH](C)C1CCCCC1([SiH](C)C)[SiH](C)C. The summed E-state index contributed by atoms with van der Waals surface area (Å²) in [5.41, 5.74) is 1.21. The van der Waals surface area contributed by atoms with Crippen LogP contribution in [0.25, 0.3) is 0 Å². The second-order valence-corrected chi connectivity index (χ2v) is 17.2. The minimum atomic E-state index is -0.463. The molecule has 0 aliphatic heterocycles. The van der Waals surface area contributed by atoms with Crippen LogP contribution < -0.4 is 0 Å². The van der Waals surface area contributed by atoms with Crippen molar-refractivity contribution in [1.29, 1.82) is 0 Å². The highest BCUT2D eigenvalue weighted by molar-refractivity contribution is 6.83. The Hall–Kier alpha value is 0.651. The quantitative estimate of drug-likeness (QED) is 0.678. The van der Waals surface area contributed by atoms with Crippen molar-refractivity contribution in [2.24, 2.45) is 0 Å². The van der Waals surface area contributed by atoms with Crippen LogP contribution in [0.3, 0.4) is 0 Å². The van der Waals surface area contributed by atoms with Crippen molar-refractivity contribution in [3.63, 3.8) is 0 Å². The fourth-order valence-electron chi connectivity index (χ4n) is 4.30. The molecular weight excluding hydrogens is 228 g/mol. The lowest BCUT2D eigenvalue weighted by Gasteiger charge is -2.51. The molecule has 0 amide bonds. The summed E-state index contributed by atoms with van der Waals surface area (Å²) in [6, 6.07) is 0. The van der Waals surface area contributed by atoms with Gasteiger partial charge in [-0.3, -0.25) is 0 Å². The zero-order valence-corrected chi connectivity index (χ0v) is 15.1.